The summed E-state index contributed by atoms with van der Waals surface area (Å²) in [6.07, 6.45) is 0. The number of carboxylic acids is 1. The summed E-state index contributed by atoms with van der Waals surface area (Å²) in [6, 6.07) is 8.40. The van der Waals surface area contributed by atoms with Gasteiger partial charge < -0.3 is 14.3 Å². The smallest absolute Gasteiger partial charge is 0.341 e. The van der Waals surface area contributed by atoms with Crippen molar-refractivity contribution in [1.82, 2.24) is 5.43 Å². The van der Waals surface area contributed by atoms with Crippen molar-refractivity contribution >= 4 is 17.6 Å². The van der Waals surface area contributed by atoms with Crippen LogP contribution in [0.4, 0.5) is 0 Å². The Morgan fingerprint density at radius 3 is 2.46 bits per heavy atom. The van der Waals surface area contributed by atoms with Crippen LogP contribution in [0.5, 0.6) is 5.75 Å². The number of carbonyl (C=O) groups is 2. The Morgan fingerprint density at radius 1 is 1.25 bits per heavy atom. The van der Waals surface area contributed by atoms with Crippen molar-refractivity contribution < 1.29 is 23.8 Å². The molecule has 24 heavy (non-hydrogen) atoms. The van der Waals surface area contributed by atoms with Gasteiger partial charge in [-0.1, -0.05) is 0 Å². The second-order valence-corrected chi connectivity index (χ2v) is 5.17. The molecule has 0 atom stereocenters. The highest BCUT2D eigenvalue weighted by atomic mass is 16.5. The van der Waals surface area contributed by atoms with Gasteiger partial charge in [0.1, 0.15) is 17.3 Å². The number of carbonyl (C=O) groups excluding carboxylic acids is 1. The van der Waals surface area contributed by atoms with E-state index in [2.05, 4.69) is 10.5 Å². The average Bonchev–Trinajstić information content (AvgIpc) is 2.89. The van der Waals surface area contributed by atoms with E-state index in [1.165, 1.54) is 0 Å². The van der Waals surface area contributed by atoms with Crippen LogP contribution in [-0.4, -0.2) is 29.3 Å². The van der Waals surface area contributed by atoms with Crippen LogP contribution in [0.15, 0.2) is 39.9 Å². The fourth-order valence-electron chi connectivity index (χ4n) is 2.05. The number of nitrogens with one attached hydrogen (secondary N) is 1. The SMILES string of the molecule is C/C(=N/NC(=O)c1cc(C)oc1C)c1ccc(OCC(=O)O)cc1. The second kappa shape index (κ2) is 7.45. The minimum absolute atomic E-state index is 0.342. The molecule has 7 nitrogen and oxygen atoms in total. The van der Waals surface area contributed by atoms with Crippen LogP contribution in [0.25, 0.3) is 0 Å². The van der Waals surface area contributed by atoms with Crippen molar-refractivity contribution in [3.05, 3.63) is 53.0 Å². The van der Waals surface area contributed by atoms with E-state index in [0.29, 0.717) is 28.5 Å². The Bertz CT molecular complexity index is 775. The molecule has 0 aliphatic rings. The van der Waals surface area contributed by atoms with E-state index in [9.17, 15) is 9.59 Å². The maximum atomic E-state index is 12.1. The highest BCUT2D eigenvalue weighted by molar-refractivity contribution is 6.01. The van der Waals surface area contributed by atoms with E-state index in [4.69, 9.17) is 14.3 Å². The molecule has 1 heterocycles. The molecule has 0 unspecified atom stereocenters. The number of nitrogens with zero attached hydrogens (tertiary/aromatic N) is 1. The first-order valence-corrected chi connectivity index (χ1v) is 7.23. The zero-order valence-electron chi connectivity index (χ0n) is 13.6. The molecule has 1 amide bonds. The second-order valence-electron chi connectivity index (χ2n) is 5.17. The summed E-state index contributed by atoms with van der Waals surface area (Å²) in [5.41, 5.74) is 4.31. The van der Waals surface area contributed by atoms with Gasteiger partial charge in [-0.05, 0) is 56.7 Å². The van der Waals surface area contributed by atoms with Gasteiger partial charge in [-0.25, -0.2) is 10.2 Å². The topological polar surface area (TPSA) is 101 Å². The number of rotatable bonds is 6. The number of aryl methyl sites for hydroxylation is 2. The molecule has 0 aliphatic heterocycles. The molecule has 0 fully saturated rings. The molecule has 2 N–H and O–H groups in total. The van der Waals surface area contributed by atoms with E-state index in [0.717, 1.165) is 5.56 Å². The van der Waals surface area contributed by atoms with Crippen molar-refractivity contribution in [3.63, 3.8) is 0 Å². The normalized spacial score (nSPS) is 11.2. The quantitative estimate of drug-likeness (QED) is 0.626. The summed E-state index contributed by atoms with van der Waals surface area (Å²) >= 11 is 0. The van der Waals surface area contributed by atoms with Crippen molar-refractivity contribution in [2.45, 2.75) is 20.8 Å². The molecular weight excluding hydrogens is 312 g/mol. The molecule has 7 heteroatoms. The minimum atomic E-state index is -1.04. The third kappa shape index (κ3) is 4.45. The lowest BCUT2D eigenvalue weighted by Crippen LogP contribution is -2.19. The summed E-state index contributed by atoms with van der Waals surface area (Å²) in [7, 11) is 0. The fourth-order valence-corrected chi connectivity index (χ4v) is 2.05. The number of hydrogen-bond donors (Lipinski definition) is 2. The van der Waals surface area contributed by atoms with Crippen LogP contribution in [0.3, 0.4) is 0 Å². The fraction of sp³-hybridized carbons (Fsp3) is 0.235. The Balaban J connectivity index is 2.01. The summed E-state index contributed by atoms with van der Waals surface area (Å²) in [5.74, 6) is 0.269. The van der Waals surface area contributed by atoms with Gasteiger partial charge in [0.05, 0.1) is 11.3 Å². The van der Waals surface area contributed by atoms with E-state index in [1.807, 2.05) is 0 Å². The zero-order valence-corrected chi connectivity index (χ0v) is 13.6. The molecule has 126 valence electrons. The molecule has 0 saturated heterocycles. The van der Waals surface area contributed by atoms with Gasteiger partial charge in [0.2, 0.25) is 0 Å². The van der Waals surface area contributed by atoms with Gasteiger partial charge in [-0.3, -0.25) is 4.79 Å². The number of aliphatic carboxylic acids is 1. The van der Waals surface area contributed by atoms with E-state index >= 15 is 0 Å². The third-order valence-corrected chi connectivity index (χ3v) is 3.25. The van der Waals surface area contributed by atoms with Gasteiger partial charge >= 0.3 is 5.97 Å². The van der Waals surface area contributed by atoms with Crippen LogP contribution < -0.4 is 10.2 Å². The maximum absolute atomic E-state index is 12.1. The molecule has 0 spiro atoms. The summed E-state index contributed by atoms with van der Waals surface area (Å²) in [6.45, 7) is 4.84. The number of benzene rings is 1. The van der Waals surface area contributed by atoms with Gasteiger partial charge in [0.15, 0.2) is 6.61 Å². The maximum Gasteiger partial charge on any atom is 0.341 e. The number of hydrazone groups is 1. The molecule has 0 bridgehead atoms. The van der Waals surface area contributed by atoms with Crippen molar-refractivity contribution in [3.8, 4) is 5.75 Å². The lowest BCUT2D eigenvalue weighted by Gasteiger charge is -2.05. The van der Waals surface area contributed by atoms with Crippen LogP contribution in [0, 0.1) is 13.8 Å². The molecule has 0 aliphatic carbocycles. The highest BCUT2D eigenvalue weighted by Gasteiger charge is 2.12. The van der Waals surface area contributed by atoms with E-state index < -0.39 is 12.6 Å². The van der Waals surface area contributed by atoms with Crippen LogP contribution in [0.2, 0.25) is 0 Å². The number of ether oxygens (including phenoxy) is 1. The summed E-state index contributed by atoms with van der Waals surface area (Å²) < 4.78 is 10.4. The number of furan rings is 1. The molecule has 0 saturated carbocycles. The van der Waals surface area contributed by atoms with Gasteiger partial charge in [0, 0.05) is 0 Å². The summed E-state index contributed by atoms with van der Waals surface area (Å²) in [4.78, 5) is 22.5. The first-order chi connectivity index (χ1) is 11.4. The zero-order chi connectivity index (χ0) is 17.7. The number of amides is 1. The molecular formula is C17H18N2O5. The number of hydrogen-bond acceptors (Lipinski definition) is 5. The lowest BCUT2D eigenvalue weighted by atomic mass is 10.1. The van der Waals surface area contributed by atoms with E-state index in [1.54, 1.807) is 51.1 Å². The van der Waals surface area contributed by atoms with Crippen molar-refractivity contribution in [2.75, 3.05) is 6.61 Å². The van der Waals surface area contributed by atoms with Gasteiger partial charge in [-0.2, -0.15) is 5.10 Å². The Labute approximate surface area is 138 Å². The summed E-state index contributed by atoms with van der Waals surface area (Å²) in [5, 5.41) is 12.6. The first-order valence-electron chi connectivity index (χ1n) is 7.23. The Morgan fingerprint density at radius 2 is 1.92 bits per heavy atom. The third-order valence-electron chi connectivity index (χ3n) is 3.25. The van der Waals surface area contributed by atoms with Gasteiger partial charge in [-0.15, -0.1) is 0 Å². The predicted molar refractivity (Wildman–Crippen MR) is 87.4 cm³/mol. The molecule has 2 rings (SSSR count). The molecule has 2 aromatic rings. The molecule has 1 aromatic heterocycles. The van der Waals surface area contributed by atoms with Crippen LogP contribution in [-0.2, 0) is 4.79 Å². The Kier molecular flexibility index (Phi) is 5.36. The van der Waals surface area contributed by atoms with Crippen LogP contribution >= 0.6 is 0 Å². The molecule has 0 radical (unpaired) electrons. The van der Waals surface area contributed by atoms with Crippen LogP contribution in [0.1, 0.15) is 34.4 Å². The predicted octanol–water partition coefficient (Wildman–Crippen LogP) is 2.51. The monoisotopic (exact) mass is 330 g/mol. The van der Waals surface area contributed by atoms with Crippen molar-refractivity contribution in [2.24, 2.45) is 5.10 Å². The average molecular weight is 330 g/mol. The van der Waals surface area contributed by atoms with Crippen molar-refractivity contribution in [1.29, 1.82) is 0 Å². The highest BCUT2D eigenvalue weighted by Crippen LogP contribution is 2.14. The van der Waals surface area contributed by atoms with Gasteiger partial charge in [0.25, 0.3) is 5.91 Å². The minimum Gasteiger partial charge on any atom is -0.482 e. The molecule has 1 aromatic carbocycles. The first kappa shape index (κ1) is 17.3. The standard InChI is InChI=1S/C17H18N2O5/c1-10-8-15(12(3)24-10)17(22)19-18-11(2)13-4-6-14(7-5-13)23-9-16(20)21/h4-8H,9H2,1-3H3,(H,19,22)(H,20,21)/b18-11-. The largest absolute Gasteiger partial charge is 0.482 e. The lowest BCUT2D eigenvalue weighted by molar-refractivity contribution is -0.139. The Hall–Kier alpha value is -3.09. The van der Waals surface area contributed by atoms with E-state index in [-0.39, 0.29) is 5.91 Å². The number of carboxylic acid groups (broad SMARTS) is 1.